The third-order valence-electron chi connectivity index (χ3n) is 3.62. The van der Waals surface area contributed by atoms with E-state index in [1.165, 1.54) is 0 Å². The Kier molecular flexibility index (Phi) is 4.45. The van der Waals surface area contributed by atoms with E-state index in [0.29, 0.717) is 18.7 Å². The molecule has 2 rings (SSSR count). The molecule has 0 N–H and O–H groups in total. The van der Waals surface area contributed by atoms with E-state index in [1.54, 1.807) is 25.3 Å². The van der Waals surface area contributed by atoms with Crippen LogP contribution in [0, 0.1) is 0 Å². The van der Waals surface area contributed by atoms with Crippen molar-refractivity contribution in [3.05, 3.63) is 29.3 Å². The van der Waals surface area contributed by atoms with Crippen LogP contribution in [0.25, 0.3) is 0 Å². The number of hydrogen-bond donors (Lipinski definition) is 0. The zero-order valence-corrected chi connectivity index (χ0v) is 12.5. The number of methoxy groups -OCH3 is 1. The minimum Gasteiger partial charge on any atom is -0.496 e. The molecular formula is C14H19NO4S. The van der Waals surface area contributed by atoms with Crippen molar-refractivity contribution < 1.29 is 17.9 Å². The van der Waals surface area contributed by atoms with Crippen molar-refractivity contribution in [1.82, 2.24) is 4.90 Å². The van der Waals surface area contributed by atoms with Gasteiger partial charge in [-0.2, -0.15) is 0 Å². The summed E-state index contributed by atoms with van der Waals surface area (Å²) in [6.07, 6.45) is 0.799. The summed E-state index contributed by atoms with van der Waals surface area (Å²) in [6, 6.07) is 5.24. The molecule has 1 aromatic carbocycles. The molecule has 1 aromatic rings. The molecule has 20 heavy (non-hydrogen) atoms. The van der Waals surface area contributed by atoms with Crippen molar-refractivity contribution in [2.24, 2.45) is 0 Å². The Hall–Kier alpha value is -1.40. The fourth-order valence-corrected chi connectivity index (χ4v) is 4.11. The normalized spacial score (nSPS) is 22.4. The Morgan fingerprint density at radius 1 is 1.45 bits per heavy atom. The number of nitrogens with zero attached hydrogens (tertiary/aromatic N) is 1. The lowest BCUT2D eigenvalue weighted by Gasteiger charge is -2.33. The first-order valence-electron chi connectivity index (χ1n) is 6.52. The summed E-state index contributed by atoms with van der Waals surface area (Å²) < 4.78 is 28.5. The lowest BCUT2D eigenvalue weighted by Crippen LogP contribution is -2.46. The molecule has 1 heterocycles. The molecule has 1 saturated heterocycles. The molecule has 5 nitrogen and oxygen atoms in total. The van der Waals surface area contributed by atoms with Gasteiger partial charge in [0.1, 0.15) is 12.0 Å². The second kappa shape index (κ2) is 5.93. The van der Waals surface area contributed by atoms with Crippen LogP contribution in [-0.2, 0) is 16.4 Å². The van der Waals surface area contributed by atoms with Crippen LogP contribution in [0.1, 0.15) is 22.8 Å². The Morgan fingerprint density at radius 2 is 2.20 bits per heavy atom. The molecule has 1 aliphatic rings. The van der Waals surface area contributed by atoms with Gasteiger partial charge in [0.2, 0.25) is 0 Å². The molecule has 1 unspecified atom stereocenters. The molecular weight excluding hydrogens is 278 g/mol. The third kappa shape index (κ3) is 3.37. The van der Waals surface area contributed by atoms with Gasteiger partial charge in [-0.15, -0.1) is 0 Å². The number of benzene rings is 1. The first-order chi connectivity index (χ1) is 9.45. The van der Waals surface area contributed by atoms with Crippen molar-refractivity contribution in [3.8, 4) is 5.75 Å². The highest BCUT2D eigenvalue weighted by molar-refractivity contribution is 7.91. The summed E-state index contributed by atoms with van der Waals surface area (Å²) in [5.41, 5.74) is 1.50. The summed E-state index contributed by atoms with van der Waals surface area (Å²) >= 11 is 0. The number of ether oxygens (including phenoxy) is 1. The molecule has 0 spiro atoms. The highest BCUT2D eigenvalue weighted by Gasteiger charge is 2.28. The molecule has 110 valence electrons. The van der Waals surface area contributed by atoms with Gasteiger partial charge in [-0.25, -0.2) is 8.42 Å². The van der Waals surface area contributed by atoms with E-state index in [0.717, 1.165) is 17.6 Å². The van der Waals surface area contributed by atoms with Crippen LogP contribution >= 0.6 is 0 Å². The van der Waals surface area contributed by atoms with E-state index in [4.69, 9.17) is 4.74 Å². The monoisotopic (exact) mass is 297 g/mol. The van der Waals surface area contributed by atoms with Gasteiger partial charge in [0, 0.05) is 30.3 Å². The van der Waals surface area contributed by atoms with Crippen molar-refractivity contribution in [2.75, 3.05) is 25.2 Å². The van der Waals surface area contributed by atoms with Crippen LogP contribution < -0.4 is 4.74 Å². The highest BCUT2D eigenvalue weighted by Crippen LogP contribution is 2.23. The van der Waals surface area contributed by atoms with Gasteiger partial charge < -0.3 is 4.74 Å². The van der Waals surface area contributed by atoms with Gasteiger partial charge in [0.15, 0.2) is 9.84 Å². The van der Waals surface area contributed by atoms with Gasteiger partial charge in [0.05, 0.1) is 18.6 Å². The first-order valence-corrected chi connectivity index (χ1v) is 8.34. The number of carbonyl (C=O) groups excluding carboxylic acids is 1. The number of aldehydes is 1. The SMILES string of the molecule is COc1ccc(C=O)cc1CN1CCS(=O)(=O)CC1C. The van der Waals surface area contributed by atoms with Crippen molar-refractivity contribution in [2.45, 2.75) is 19.5 Å². The van der Waals surface area contributed by atoms with E-state index in [2.05, 4.69) is 4.90 Å². The van der Waals surface area contributed by atoms with Crippen LogP contribution in [-0.4, -0.2) is 50.8 Å². The van der Waals surface area contributed by atoms with Crippen molar-refractivity contribution >= 4 is 16.1 Å². The Labute approximate surface area is 119 Å². The molecule has 1 atom stereocenters. The number of sulfone groups is 1. The van der Waals surface area contributed by atoms with Crippen molar-refractivity contribution in [3.63, 3.8) is 0 Å². The minimum atomic E-state index is -2.91. The lowest BCUT2D eigenvalue weighted by molar-refractivity contribution is 0.112. The van der Waals surface area contributed by atoms with Crippen LogP contribution in [0.2, 0.25) is 0 Å². The zero-order chi connectivity index (χ0) is 14.8. The molecule has 1 fully saturated rings. The minimum absolute atomic E-state index is 0.0293. The van der Waals surface area contributed by atoms with E-state index in [1.807, 2.05) is 6.92 Å². The lowest BCUT2D eigenvalue weighted by atomic mass is 10.1. The van der Waals surface area contributed by atoms with E-state index in [9.17, 15) is 13.2 Å². The quantitative estimate of drug-likeness (QED) is 0.780. The summed E-state index contributed by atoms with van der Waals surface area (Å²) in [5, 5.41) is 0. The number of rotatable bonds is 4. The van der Waals surface area contributed by atoms with Gasteiger partial charge in [-0.05, 0) is 25.1 Å². The molecule has 0 amide bonds. The highest BCUT2D eigenvalue weighted by atomic mass is 32.2. The van der Waals surface area contributed by atoms with E-state index in [-0.39, 0.29) is 17.5 Å². The van der Waals surface area contributed by atoms with Crippen LogP contribution in [0.3, 0.4) is 0 Å². The molecule has 0 saturated carbocycles. The summed E-state index contributed by atoms with van der Waals surface area (Å²) in [7, 11) is -1.33. The summed E-state index contributed by atoms with van der Waals surface area (Å²) in [5.74, 6) is 1.09. The Balaban J connectivity index is 2.19. The van der Waals surface area contributed by atoms with Gasteiger partial charge in [-0.3, -0.25) is 9.69 Å². The fourth-order valence-electron chi connectivity index (χ4n) is 2.48. The van der Waals surface area contributed by atoms with Crippen LogP contribution in [0.5, 0.6) is 5.75 Å². The molecule has 0 aromatic heterocycles. The Morgan fingerprint density at radius 3 is 2.80 bits per heavy atom. The predicted molar refractivity (Wildman–Crippen MR) is 76.9 cm³/mol. The smallest absolute Gasteiger partial charge is 0.153 e. The van der Waals surface area contributed by atoms with Crippen LogP contribution in [0.15, 0.2) is 18.2 Å². The topological polar surface area (TPSA) is 63.7 Å². The fraction of sp³-hybridized carbons (Fsp3) is 0.500. The summed E-state index contributed by atoms with van der Waals surface area (Å²) in [4.78, 5) is 13.0. The molecule has 0 aliphatic carbocycles. The molecule has 0 bridgehead atoms. The largest absolute Gasteiger partial charge is 0.496 e. The number of hydrogen-bond acceptors (Lipinski definition) is 5. The van der Waals surface area contributed by atoms with Gasteiger partial charge in [-0.1, -0.05) is 0 Å². The first kappa shape index (κ1) is 15.0. The maximum Gasteiger partial charge on any atom is 0.153 e. The molecule has 6 heteroatoms. The molecule has 0 radical (unpaired) electrons. The third-order valence-corrected chi connectivity index (χ3v) is 5.42. The second-order valence-electron chi connectivity index (χ2n) is 5.12. The standard InChI is InChI=1S/C14H19NO4S/c1-11-10-20(17,18)6-5-15(11)8-13-7-12(9-16)3-4-14(13)19-2/h3-4,7,9,11H,5-6,8,10H2,1-2H3. The maximum atomic E-state index is 11.6. The maximum absolute atomic E-state index is 11.6. The summed E-state index contributed by atoms with van der Waals surface area (Å²) in [6.45, 7) is 3.01. The van der Waals surface area contributed by atoms with Gasteiger partial charge >= 0.3 is 0 Å². The van der Waals surface area contributed by atoms with Gasteiger partial charge in [0.25, 0.3) is 0 Å². The number of carbonyl (C=O) groups is 1. The molecule has 1 aliphatic heterocycles. The van der Waals surface area contributed by atoms with Crippen LogP contribution in [0.4, 0.5) is 0 Å². The van der Waals surface area contributed by atoms with E-state index >= 15 is 0 Å². The second-order valence-corrected chi connectivity index (χ2v) is 7.35. The average molecular weight is 297 g/mol. The Bertz CT molecular complexity index is 597. The zero-order valence-electron chi connectivity index (χ0n) is 11.7. The predicted octanol–water partition coefficient (Wildman–Crippen LogP) is 1.13. The average Bonchev–Trinajstić information content (AvgIpc) is 2.41. The van der Waals surface area contributed by atoms with Crippen molar-refractivity contribution in [1.29, 1.82) is 0 Å². The van der Waals surface area contributed by atoms with E-state index < -0.39 is 9.84 Å².